The van der Waals surface area contributed by atoms with Crippen molar-refractivity contribution < 1.29 is 24.1 Å². The number of hydrogen-bond donors (Lipinski definition) is 1. The third-order valence-electron chi connectivity index (χ3n) is 6.95. The lowest BCUT2D eigenvalue weighted by Gasteiger charge is -2.23. The number of methoxy groups -OCH3 is 2. The van der Waals surface area contributed by atoms with E-state index in [1.807, 2.05) is 41.3 Å². The Kier molecular flexibility index (Phi) is 6.36. The van der Waals surface area contributed by atoms with Crippen LogP contribution in [-0.2, 0) is 17.9 Å². The van der Waals surface area contributed by atoms with Crippen LogP contribution in [0.2, 0.25) is 0 Å². The molecule has 2 aliphatic heterocycles. The number of carboxylic acids is 1. The van der Waals surface area contributed by atoms with Gasteiger partial charge in [0.25, 0.3) is 0 Å². The molecule has 1 spiro atoms. The van der Waals surface area contributed by atoms with Gasteiger partial charge in [0.15, 0.2) is 0 Å². The fourth-order valence-corrected chi connectivity index (χ4v) is 4.90. The molecule has 0 radical (unpaired) electrons. The van der Waals surface area contributed by atoms with E-state index in [-0.39, 0.29) is 0 Å². The summed E-state index contributed by atoms with van der Waals surface area (Å²) < 4.78 is 17.5. The molecule has 1 atom stereocenters. The number of aliphatic carboxylic acids is 1. The minimum Gasteiger partial charge on any atom is -0.496 e. The third-order valence-corrected chi connectivity index (χ3v) is 6.95. The minimum absolute atomic E-state index is 0.342. The highest BCUT2D eigenvalue weighted by Gasteiger charge is 2.54. The van der Waals surface area contributed by atoms with Crippen LogP contribution in [0, 0.1) is 6.92 Å². The molecule has 1 fully saturated rings. The van der Waals surface area contributed by atoms with Crippen molar-refractivity contribution in [3.8, 4) is 28.4 Å². The van der Waals surface area contributed by atoms with Crippen molar-refractivity contribution in [2.45, 2.75) is 38.2 Å². The first-order chi connectivity index (χ1) is 17.4. The average Bonchev–Trinajstić information content (AvgIpc) is 3.55. The Bertz CT molecular complexity index is 1280. The van der Waals surface area contributed by atoms with Crippen molar-refractivity contribution in [1.29, 1.82) is 0 Å². The molecule has 0 bridgehead atoms. The van der Waals surface area contributed by atoms with E-state index < -0.39 is 17.7 Å². The Morgan fingerprint density at radius 1 is 1.06 bits per heavy atom. The molecule has 0 aliphatic carbocycles. The second kappa shape index (κ2) is 9.62. The molecule has 0 aromatic heterocycles. The fraction of sp³-hybridized carbons (Fsp3) is 0.321. The Labute approximate surface area is 210 Å². The summed E-state index contributed by atoms with van der Waals surface area (Å²) >= 11 is 0. The number of benzene rings is 3. The maximum Gasteiger partial charge on any atom is 0.321 e. The van der Waals surface area contributed by atoms with Gasteiger partial charge in [0.2, 0.25) is 5.66 Å². The summed E-state index contributed by atoms with van der Waals surface area (Å²) in [5.74, 6) is 0.884. The van der Waals surface area contributed by atoms with Gasteiger partial charge in [-0.15, -0.1) is 0 Å². The first kappa shape index (κ1) is 23.8. The van der Waals surface area contributed by atoms with Crippen LogP contribution in [0.4, 0.5) is 0 Å². The van der Waals surface area contributed by atoms with Gasteiger partial charge in [-0.3, -0.25) is 9.69 Å². The largest absolute Gasteiger partial charge is 0.496 e. The quantitative estimate of drug-likeness (QED) is 0.453. The second-order valence-corrected chi connectivity index (χ2v) is 9.20. The van der Waals surface area contributed by atoms with Crippen molar-refractivity contribution in [3.63, 3.8) is 0 Å². The molecule has 8 heteroatoms. The van der Waals surface area contributed by atoms with Gasteiger partial charge < -0.3 is 19.3 Å². The van der Waals surface area contributed by atoms with E-state index in [1.54, 1.807) is 14.2 Å². The highest BCUT2D eigenvalue weighted by molar-refractivity contribution is 5.74. The Balaban J connectivity index is 1.36. The van der Waals surface area contributed by atoms with Crippen LogP contribution in [-0.4, -0.2) is 48.4 Å². The lowest BCUT2D eigenvalue weighted by Crippen LogP contribution is -2.35. The molecule has 36 heavy (non-hydrogen) atoms. The van der Waals surface area contributed by atoms with Crippen LogP contribution in [0.3, 0.4) is 0 Å². The Morgan fingerprint density at radius 3 is 2.36 bits per heavy atom. The highest BCUT2D eigenvalue weighted by atomic mass is 16.5. The van der Waals surface area contributed by atoms with Crippen LogP contribution in [0.5, 0.6) is 17.2 Å². The first-order valence-corrected chi connectivity index (χ1v) is 11.9. The molecule has 1 saturated heterocycles. The predicted octanol–water partition coefficient (Wildman–Crippen LogP) is 5.08. The third kappa shape index (κ3) is 4.64. The van der Waals surface area contributed by atoms with E-state index in [1.165, 1.54) is 11.1 Å². The Morgan fingerprint density at radius 2 is 1.75 bits per heavy atom. The molecule has 1 N–H and O–H groups in total. The smallest absolute Gasteiger partial charge is 0.321 e. The zero-order valence-electron chi connectivity index (χ0n) is 20.6. The number of rotatable bonds is 9. The molecule has 186 valence electrons. The van der Waals surface area contributed by atoms with E-state index in [4.69, 9.17) is 14.2 Å². The van der Waals surface area contributed by atoms with Gasteiger partial charge in [-0.1, -0.05) is 48.5 Å². The zero-order chi connectivity index (χ0) is 25.3. The van der Waals surface area contributed by atoms with Crippen molar-refractivity contribution in [2.24, 2.45) is 10.2 Å². The normalized spacial score (nSPS) is 17.8. The summed E-state index contributed by atoms with van der Waals surface area (Å²) in [7, 11) is 3.17. The van der Waals surface area contributed by atoms with Gasteiger partial charge >= 0.3 is 5.97 Å². The summed E-state index contributed by atoms with van der Waals surface area (Å²) in [6.07, 6.45) is 0.384. The van der Waals surface area contributed by atoms with E-state index >= 15 is 0 Å². The van der Waals surface area contributed by atoms with Crippen molar-refractivity contribution in [3.05, 3.63) is 77.4 Å². The van der Waals surface area contributed by atoms with Gasteiger partial charge in [0, 0.05) is 31.6 Å². The number of likely N-dealkylation sites (tertiary alicyclic amines) is 1. The molecule has 3 aromatic rings. The monoisotopic (exact) mass is 487 g/mol. The number of carboxylic acid groups (broad SMARTS) is 1. The first-order valence-electron chi connectivity index (χ1n) is 11.9. The lowest BCUT2D eigenvalue weighted by molar-refractivity contribution is -0.142. The van der Waals surface area contributed by atoms with E-state index in [9.17, 15) is 9.90 Å². The maximum atomic E-state index is 11.8. The van der Waals surface area contributed by atoms with Gasteiger partial charge in [0.1, 0.15) is 29.9 Å². The highest BCUT2D eigenvalue weighted by Crippen LogP contribution is 2.44. The average molecular weight is 488 g/mol. The second-order valence-electron chi connectivity index (χ2n) is 9.20. The molecule has 0 saturated carbocycles. The SMILES string of the molecule is COc1cc(OCc2cccc(-c3ccccc3)c2C)cc(OC)c1CN1CC2(C[C@H]1C(=O)O)N=N2. The van der Waals surface area contributed by atoms with E-state index in [2.05, 4.69) is 41.4 Å². The number of ether oxygens (including phenoxy) is 3. The van der Waals surface area contributed by atoms with Crippen LogP contribution in [0.25, 0.3) is 11.1 Å². The summed E-state index contributed by atoms with van der Waals surface area (Å²) in [4.78, 5) is 13.7. The van der Waals surface area contributed by atoms with Crippen LogP contribution in [0.15, 0.2) is 70.9 Å². The predicted molar refractivity (Wildman–Crippen MR) is 135 cm³/mol. The van der Waals surface area contributed by atoms with Crippen LogP contribution < -0.4 is 14.2 Å². The lowest BCUT2D eigenvalue weighted by atomic mass is 9.97. The van der Waals surface area contributed by atoms with Gasteiger partial charge in [-0.05, 0) is 29.2 Å². The van der Waals surface area contributed by atoms with Crippen molar-refractivity contribution in [2.75, 3.05) is 20.8 Å². The van der Waals surface area contributed by atoms with Crippen LogP contribution in [0.1, 0.15) is 23.1 Å². The minimum atomic E-state index is -0.879. The van der Waals surface area contributed by atoms with Gasteiger partial charge in [-0.2, -0.15) is 10.2 Å². The molecular weight excluding hydrogens is 458 g/mol. The molecule has 3 aromatic carbocycles. The van der Waals surface area contributed by atoms with Gasteiger partial charge in [-0.25, -0.2) is 0 Å². The summed E-state index contributed by atoms with van der Waals surface area (Å²) in [6, 6.07) is 19.5. The maximum absolute atomic E-state index is 11.8. The topological polar surface area (TPSA) is 93.0 Å². The van der Waals surface area contributed by atoms with Crippen LogP contribution >= 0.6 is 0 Å². The van der Waals surface area contributed by atoms with Crippen molar-refractivity contribution in [1.82, 2.24) is 4.90 Å². The standard InChI is InChI=1S/C28H29N3O5/c1-18-20(10-7-11-22(18)19-8-5-4-6-9-19)16-36-21-12-25(34-2)23(26(13-21)35-3)15-31-17-28(29-30-28)14-24(31)27(32)33/h4-13,24H,14-17H2,1-3H3,(H,32,33)/t24-/m0/s1. The fourth-order valence-electron chi connectivity index (χ4n) is 4.90. The molecule has 0 unspecified atom stereocenters. The summed E-state index contributed by atoms with van der Waals surface area (Å²) in [5, 5.41) is 17.9. The zero-order valence-corrected chi connectivity index (χ0v) is 20.6. The molecule has 2 heterocycles. The number of hydrogen-bond acceptors (Lipinski definition) is 7. The molecule has 5 rings (SSSR count). The van der Waals surface area contributed by atoms with E-state index in [0.717, 1.165) is 16.7 Å². The van der Waals surface area contributed by atoms with Crippen molar-refractivity contribution >= 4 is 5.97 Å². The molecule has 8 nitrogen and oxygen atoms in total. The molecule has 2 aliphatic rings. The molecular formula is C28H29N3O5. The summed E-state index contributed by atoms with van der Waals surface area (Å²) in [5.41, 5.74) is 4.78. The van der Waals surface area contributed by atoms with Gasteiger partial charge in [0.05, 0.1) is 19.8 Å². The summed E-state index contributed by atoms with van der Waals surface area (Å²) in [6.45, 7) is 3.29. The Hall–Kier alpha value is -3.91. The number of nitrogens with zero attached hydrogens (tertiary/aromatic N) is 3. The number of carbonyl (C=O) groups is 1. The molecule has 0 amide bonds. The van der Waals surface area contributed by atoms with E-state index in [0.29, 0.717) is 43.4 Å².